The highest BCUT2D eigenvalue weighted by molar-refractivity contribution is 5.14. The summed E-state index contributed by atoms with van der Waals surface area (Å²) in [7, 11) is 0. The standard InChI is InChI=1S/C25H34O5/c1-2-3-10-15-27-19-23-25(29-18-21-13-8-5-9-14-21)22(16-24(26)30-23)28-17-20-11-6-4-7-12-20/h4-9,11-14,22-26H,2-3,10,15-19H2,1H3/t22-,23+,24?,25+/m0/s1. The van der Waals surface area contributed by atoms with Crippen LogP contribution in [0.5, 0.6) is 0 Å². The topological polar surface area (TPSA) is 57.2 Å². The quantitative estimate of drug-likeness (QED) is 0.519. The molecule has 0 aromatic heterocycles. The Bertz CT molecular complexity index is 693. The Labute approximate surface area is 179 Å². The van der Waals surface area contributed by atoms with Crippen molar-refractivity contribution in [2.75, 3.05) is 13.2 Å². The van der Waals surface area contributed by atoms with Crippen molar-refractivity contribution >= 4 is 0 Å². The minimum absolute atomic E-state index is 0.276. The molecule has 0 bridgehead atoms. The largest absolute Gasteiger partial charge is 0.379 e. The summed E-state index contributed by atoms with van der Waals surface area (Å²) < 4.78 is 24.1. The minimum Gasteiger partial charge on any atom is -0.379 e. The first-order valence-corrected chi connectivity index (χ1v) is 11.0. The lowest BCUT2D eigenvalue weighted by Gasteiger charge is -2.39. The molecule has 1 aliphatic heterocycles. The molecule has 0 aliphatic carbocycles. The van der Waals surface area contributed by atoms with Crippen LogP contribution in [0.1, 0.15) is 43.7 Å². The molecule has 1 aliphatic rings. The first-order valence-electron chi connectivity index (χ1n) is 11.0. The number of aliphatic hydroxyl groups excluding tert-OH is 1. The molecule has 164 valence electrons. The van der Waals surface area contributed by atoms with E-state index in [-0.39, 0.29) is 18.3 Å². The molecule has 1 unspecified atom stereocenters. The Morgan fingerprint density at radius 3 is 2.17 bits per heavy atom. The summed E-state index contributed by atoms with van der Waals surface area (Å²) >= 11 is 0. The van der Waals surface area contributed by atoms with Gasteiger partial charge in [0.15, 0.2) is 6.29 Å². The Balaban J connectivity index is 1.63. The first kappa shape index (κ1) is 22.9. The van der Waals surface area contributed by atoms with E-state index in [0.717, 1.165) is 30.4 Å². The Kier molecular flexibility index (Phi) is 9.80. The normalized spacial score (nSPS) is 24.1. The molecular formula is C25H34O5. The Morgan fingerprint density at radius 1 is 0.900 bits per heavy atom. The van der Waals surface area contributed by atoms with Gasteiger partial charge in [0.25, 0.3) is 0 Å². The number of hydrogen-bond acceptors (Lipinski definition) is 5. The van der Waals surface area contributed by atoms with Crippen LogP contribution in [-0.2, 0) is 32.2 Å². The summed E-state index contributed by atoms with van der Waals surface area (Å²) in [5.41, 5.74) is 2.18. The van der Waals surface area contributed by atoms with E-state index in [1.807, 2.05) is 60.7 Å². The van der Waals surface area contributed by atoms with Gasteiger partial charge >= 0.3 is 0 Å². The molecule has 1 saturated heterocycles. The molecule has 30 heavy (non-hydrogen) atoms. The van der Waals surface area contributed by atoms with E-state index in [4.69, 9.17) is 18.9 Å². The van der Waals surface area contributed by atoms with E-state index in [2.05, 4.69) is 6.92 Å². The second-order valence-corrected chi connectivity index (χ2v) is 7.74. The minimum atomic E-state index is -0.883. The van der Waals surface area contributed by atoms with Gasteiger partial charge in [-0.2, -0.15) is 0 Å². The van der Waals surface area contributed by atoms with Crippen molar-refractivity contribution in [3.63, 3.8) is 0 Å². The van der Waals surface area contributed by atoms with Crippen molar-refractivity contribution in [2.45, 2.75) is 70.4 Å². The average molecular weight is 415 g/mol. The fraction of sp³-hybridized carbons (Fsp3) is 0.520. The third-order valence-electron chi connectivity index (χ3n) is 5.27. The molecule has 3 rings (SSSR count). The maximum Gasteiger partial charge on any atom is 0.157 e. The van der Waals surface area contributed by atoms with Crippen LogP contribution >= 0.6 is 0 Å². The van der Waals surface area contributed by atoms with Gasteiger partial charge in [0.2, 0.25) is 0 Å². The SMILES string of the molecule is CCCCCOC[C@H]1OC(O)C[C@H](OCc2ccccc2)[C@H]1OCc1ccccc1. The van der Waals surface area contributed by atoms with Crippen molar-refractivity contribution in [3.8, 4) is 0 Å². The van der Waals surface area contributed by atoms with Crippen LogP contribution in [0.4, 0.5) is 0 Å². The third kappa shape index (κ3) is 7.49. The highest BCUT2D eigenvalue weighted by Crippen LogP contribution is 2.26. The predicted octanol–water partition coefficient (Wildman–Crippen LogP) is 4.47. The van der Waals surface area contributed by atoms with Crippen LogP contribution in [0, 0.1) is 0 Å². The molecule has 5 heteroatoms. The maximum atomic E-state index is 10.3. The summed E-state index contributed by atoms with van der Waals surface area (Å²) in [6, 6.07) is 20.1. The number of rotatable bonds is 12. The smallest absolute Gasteiger partial charge is 0.157 e. The van der Waals surface area contributed by atoms with Crippen molar-refractivity contribution < 1.29 is 24.1 Å². The highest BCUT2D eigenvalue weighted by atomic mass is 16.6. The Morgan fingerprint density at radius 2 is 1.53 bits per heavy atom. The third-order valence-corrected chi connectivity index (χ3v) is 5.27. The fourth-order valence-electron chi connectivity index (χ4n) is 3.62. The van der Waals surface area contributed by atoms with Gasteiger partial charge < -0.3 is 24.1 Å². The zero-order chi connectivity index (χ0) is 21.0. The lowest BCUT2D eigenvalue weighted by atomic mass is 10.0. The van der Waals surface area contributed by atoms with E-state index >= 15 is 0 Å². The number of aliphatic hydroxyl groups is 1. The molecule has 5 nitrogen and oxygen atoms in total. The molecule has 1 N–H and O–H groups in total. The maximum absolute atomic E-state index is 10.3. The van der Waals surface area contributed by atoms with E-state index in [9.17, 15) is 5.11 Å². The van der Waals surface area contributed by atoms with E-state index < -0.39 is 6.29 Å². The molecule has 0 spiro atoms. The number of ether oxygens (including phenoxy) is 4. The fourth-order valence-corrected chi connectivity index (χ4v) is 3.62. The van der Waals surface area contributed by atoms with E-state index in [1.165, 1.54) is 0 Å². The molecule has 2 aromatic carbocycles. The van der Waals surface area contributed by atoms with Gasteiger partial charge in [0.05, 0.1) is 25.9 Å². The summed E-state index contributed by atoms with van der Waals surface area (Å²) in [6.07, 6.45) is 1.84. The van der Waals surface area contributed by atoms with E-state index in [0.29, 0.717) is 32.8 Å². The van der Waals surface area contributed by atoms with Crippen LogP contribution in [0.2, 0.25) is 0 Å². The van der Waals surface area contributed by atoms with Gasteiger partial charge in [0.1, 0.15) is 12.2 Å². The molecule has 0 amide bonds. The second kappa shape index (κ2) is 12.8. The zero-order valence-corrected chi connectivity index (χ0v) is 17.8. The van der Waals surface area contributed by atoms with Gasteiger partial charge in [-0.3, -0.25) is 0 Å². The second-order valence-electron chi connectivity index (χ2n) is 7.74. The molecular weight excluding hydrogens is 380 g/mol. The molecule has 1 fully saturated rings. The van der Waals surface area contributed by atoms with Gasteiger partial charge in [-0.05, 0) is 17.5 Å². The number of hydrogen-bond donors (Lipinski definition) is 1. The summed E-state index contributed by atoms with van der Waals surface area (Å²) in [5.74, 6) is 0. The van der Waals surface area contributed by atoms with Crippen LogP contribution in [0.25, 0.3) is 0 Å². The molecule has 0 saturated carbocycles. The van der Waals surface area contributed by atoms with Crippen molar-refractivity contribution in [1.29, 1.82) is 0 Å². The van der Waals surface area contributed by atoms with Crippen molar-refractivity contribution in [1.82, 2.24) is 0 Å². The molecule has 4 atom stereocenters. The monoisotopic (exact) mass is 414 g/mol. The Hall–Kier alpha value is -1.76. The van der Waals surface area contributed by atoms with Crippen molar-refractivity contribution in [2.24, 2.45) is 0 Å². The molecule has 1 heterocycles. The molecule has 2 aromatic rings. The van der Waals surface area contributed by atoms with Gasteiger partial charge in [-0.15, -0.1) is 0 Å². The summed E-state index contributed by atoms with van der Waals surface area (Å²) in [5, 5.41) is 10.3. The van der Waals surface area contributed by atoms with E-state index in [1.54, 1.807) is 0 Å². The van der Waals surface area contributed by atoms with Crippen LogP contribution in [0.15, 0.2) is 60.7 Å². The van der Waals surface area contributed by atoms with Gasteiger partial charge in [-0.25, -0.2) is 0 Å². The first-order chi connectivity index (χ1) is 14.8. The zero-order valence-electron chi connectivity index (χ0n) is 17.8. The van der Waals surface area contributed by atoms with Gasteiger partial charge in [-0.1, -0.05) is 80.4 Å². The van der Waals surface area contributed by atoms with Gasteiger partial charge in [0, 0.05) is 13.0 Å². The summed E-state index contributed by atoms with van der Waals surface area (Å²) in [4.78, 5) is 0. The summed E-state index contributed by atoms with van der Waals surface area (Å²) in [6.45, 7) is 4.16. The lowest BCUT2D eigenvalue weighted by molar-refractivity contribution is -0.264. The lowest BCUT2D eigenvalue weighted by Crippen LogP contribution is -2.52. The van der Waals surface area contributed by atoms with Crippen LogP contribution < -0.4 is 0 Å². The highest BCUT2D eigenvalue weighted by Gasteiger charge is 2.40. The van der Waals surface area contributed by atoms with Crippen molar-refractivity contribution in [3.05, 3.63) is 71.8 Å². The van der Waals surface area contributed by atoms with Crippen LogP contribution in [-0.4, -0.2) is 42.9 Å². The number of unbranched alkanes of at least 4 members (excludes halogenated alkanes) is 2. The molecule has 0 radical (unpaired) electrons. The predicted molar refractivity (Wildman–Crippen MR) is 116 cm³/mol. The van der Waals surface area contributed by atoms with Crippen LogP contribution in [0.3, 0.4) is 0 Å². The number of benzene rings is 2. The average Bonchev–Trinajstić information content (AvgIpc) is 2.78.